The zero-order valence-electron chi connectivity index (χ0n) is 11.9. The molecule has 1 N–H and O–H groups in total. The summed E-state index contributed by atoms with van der Waals surface area (Å²) in [5.74, 6) is 2.42. The average Bonchev–Trinajstić information content (AvgIpc) is 3.24. The van der Waals surface area contributed by atoms with Crippen LogP contribution in [0.4, 0.5) is 0 Å². The van der Waals surface area contributed by atoms with Crippen LogP contribution in [-0.4, -0.2) is 7.05 Å². The Kier molecular flexibility index (Phi) is 2.89. The third-order valence-corrected chi connectivity index (χ3v) is 5.25. The van der Waals surface area contributed by atoms with Crippen LogP contribution >= 0.6 is 0 Å². The molecule has 4 rings (SSSR count). The number of benzene rings is 2. The van der Waals surface area contributed by atoms with Crippen molar-refractivity contribution >= 4 is 0 Å². The fraction of sp³-hybridized carbons (Fsp3) is 0.368. The zero-order chi connectivity index (χ0) is 13.5. The number of hydrogen-bond donors (Lipinski definition) is 1. The fourth-order valence-electron chi connectivity index (χ4n) is 4.32. The van der Waals surface area contributed by atoms with E-state index in [1.54, 1.807) is 11.1 Å². The first-order chi connectivity index (χ1) is 9.90. The van der Waals surface area contributed by atoms with E-state index in [1.165, 1.54) is 18.4 Å². The third-order valence-electron chi connectivity index (χ3n) is 5.25. The Morgan fingerprint density at radius 2 is 1.75 bits per heavy atom. The number of rotatable bonds is 3. The first-order valence-corrected chi connectivity index (χ1v) is 7.70. The van der Waals surface area contributed by atoms with Crippen LogP contribution in [0.2, 0.25) is 0 Å². The Hall–Kier alpha value is -1.60. The van der Waals surface area contributed by atoms with Gasteiger partial charge in [0.15, 0.2) is 0 Å². The molecule has 0 saturated heterocycles. The molecule has 2 aliphatic carbocycles. The Balaban J connectivity index is 1.66. The van der Waals surface area contributed by atoms with Crippen molar-refractivity contribution in [3.63, 3.8) is 0 Å². The Morgan fingerprint density at radius 3 is 2.55 bits per heavy atom. The summed E-state index contributed by atoms with van der Waals surface area (Å²) in [5.41, 5.74) is 4.64. The highest BCUT2D eigenvalue weighted by atomic mass is 14.9. The second kappa shape index (κ2) is 4.75. The van der Waals surface area contributed by atoms with Crippen LogP contribution in [0.15, 0.2) is 54.6 Å². The van der Waals surface area contributed by atoms with Crippen LogP contribution < -0.4 is 5.32 Å². The van der Waals surface area contributed by atoms with Crippen LogP contribution in [0.25, 0.3) is 0 Å². The van der Waals surface area contributed by atoms with E-state index in [2.05, 4.69) is 67.0 Å². The predicted molar refractivity (Wildman–Crippen MR) is 82.7 cm³/mol. The Labute approximate surface area is 121 Å². The van der Waals surface area contributed by atoms with Crippen LogP contribution in [0, 0.1) is 11.8 Å². The van der Waals surface area contributed by atoms with E-state index in [1.807, 2.05) is 0 Å². The van der Waals surface area contributed by atoms with Gasteiger partial charge in [0.25, 0.3) is 0 Å². The molecule has 1 saturated carbocycles. The average molecular weight is 263 g/mol. The highest BCUT2D eigenvalue weighted by Gasteiger charge is 2.56. The van der Waals surface area contributed by atoms with Gasteiger partial charge >= 0.3 is 0 Å². The van der Waals surface area contributed by atoms with Crippen molar-refractivity contribution in [2.24, 2.45) is 11.8 Å². The van der Waals surface area contributed by atoms with Crippen molar-refractivity contribution in [3.05, 3.63) is 71.3 Å². The molecule has 0 aromatic heterocycles. The summed E-state index contributed by atoms with van der Waals surface area (Å²) in [6.45, 7) is 0. The van der Waals surface area contributed by atoms with E-state index < -0.39 is 0 Å². The van der Waals surface area contributed by atoms with E-state index in [9.17, 15) is 0 Å². The normalized spacial score (nSPS) is 28.4. The molecule has 0 radical (unpaired) electrons. The third kappa shape index (κ3) is 1.81. The summed E-state index contributed by atoms with van der Waals surface area (Å²) in [7, 11) is 2.11. The monoisotopic (exact) mass is 263 g/mol. The van der Waals surface area contributed by atoms with Crippen LogP contribution in [0.3, 0.4) is 0 Å². The standard InChI is InChI=1S/C19H21N/c1-20-19(14-8-3-2-4-9-14)18-16-12-11-13-7-5-6-10-15(13)17(16)18/h2-10,16-20H,11-12H2,1H3. The molecule has 20 heavy (non-hydrogen) atoms. The predicted octanol–water partition coefficient (Wildman–Crippen LogP) is 3.92. The quantitative estimate of drug-likeness (QED) is 0.885. The molecule has 2 aliphatic rings. The van der Waals surface area contributed by atoms with Crippen molar-refractivity contribution in [1.29, 1.82) is 0 Å². The van der Waals surface area contributed by atoms with Gasteiger partial charge in [0.05, 0.1) is 0 Å². The summed E-state index contributed by atoms with van der Waals surface area (Å²) in [6, 6.07) is 20.5. The minimum Gasteiger partial charge on any atom is -0.313 e. The first kappa shape index (κ1) is 12.2. The van der Waals surface area contributed by atoms with Crippen LogP contribution in [0.5, 0.6) is 0 Å². The molecule has 1 fully saturated rings. The highest BCUT2D eigenvalue weighted by Crippen LogP contribution is 2.64. The number of hydrogen-bond acceptors (Lipinski definition) is 1. The number of fused-ring (bicyclic) bond motifs is 3. The number of nitrogens with one attached hydrogen (secondary N) is 1. The van der Waals surface area contributed by atoms with Crippen molar-refractivity contribution in [1.82, 2.24) is 5.32 Å². The van der Waals surface area contributed by atoms with Gasteiger partial charge in [0.2, 0.25) is 0 Å². The molecule has 4 atom stereocenters. The second-order valence-corrected chi connectivity index (χ2v) is 6.18. The SMILES string of the molecule is CNC(c1ccccc1)C1C2CCc3ccccc3C21. The van der Waals surface area contributed by atoms with Crippen molar-refractivity contribution < 1.29 is 0 Å². The molecule has 2 aromatic carbocycles. The largest absolute Gasteiger partial charge is 0.313 e. The molecule has 0 aliphatic heterocycles. The lowest BCUT2D eigenvalue weighted by Gasteiger charge is -2.17. The molecule has 102 valence electrons. The molecule has 0 amide bonds. The lowest BCUT2D eigenvalue weighted by atomic mass is 9.92. The molecule has 2 aromatic rings. The van der Waals surface area contributed by atoms with Gasteiger partial charge in [-0.2, -0.15) is 0 Å². The molecule has 1 heteroatoms. The lowest BCUT2D eigenvalue weighted by Crippen LogP contribution is -2.19. The van der Waals surface area contributed by atoms with Gasteiger partial charge in [-0.3, -0.25) is 0 Å². The molecule has 0 spiro atoms. The van der Waals surface area contributed by atoms with Gasteiger partial charge in [0, 0.05) is 6.04 Å². The lowest BCUT2D eigenvalue weighted by molar-refractivity contribution is 0.485. The minimum atomic E-state index is 0.498. The molecular weight excluding hydrogens is 242 g/mol. The Bertz CT molecular complexity index is 604. The number of aryl methyl sites for hydroxylation is 1. The zero-order valence-corrected chi connectivity index (χ0v) is 11.9. The maximum Gasteiger partial charge on any atom is 0.0355 e. The van der Waals surface area contributed by atoms with Crippen LogP contribution in [-0.2, 0) is 6.42 Å². The van der Waals surface area contributed by atoms with Gasteiger partial charge in [-0.15, -0.1) is 0 Å². The van der Waals surface area contributed by atoms with Gasteiger partial charge in [0.1, 0.15) is 0 Å². The summed E-state index contributed by atoms with van der Waals surface area (Å²) in [6.07, 6.45) is 2.62. The summed E-state index contributed by atoms with van der Waals surface area (Å²) in [5, 5.41) is 3.57. The van der Waals surface area contributed by atoms with Crippen molar-refractivity contribution in [2.45, 2.75) is 24.8 Å². The van der Waals surface area contributed by atoms with E-state index >= 15 is 0 Å². The van der Waals surface area contributed by atoms with E-state index in [4.69, 9.17) is 0 Å². The van der Waals surface area contributed by atoms with Crippen LogP contribution in [0.1, 0.15) is 35.1 Å². The van der Waals surface area contributed by atoms with Gasteiger partial charge < -0.3 is 5.32 Å². The van der Waals surface area contributed by atoms with E-state index in [0.717, 1.165) is 17.8 Å². The topological polar surface area (TPSA) is 12.0 Å². The summed E-state index contributed by atoms with van der Waals surface area (Å²) >= 11 is 0. The van der Waals surface area contributed by atoms with Crippen molar-refractivity contribution in [2.75, 3.05) is 7.05 Å². The first-order valence-electron chi connectivity index (χ1n) is 7.70. The molecule has 0 bridgehead atoms. The summed E-state index contributed by atoms with van der Waals surface area (Å²) < 4.78 is 0. The van der Waals surface area contributed by atoms with Crippen molar-refractivity contribution in [3.8, 4) is 0 Å². The van der Waals surface area contributed by atoms with Gasteiger partial charge in [-0.05, 0) is 54.3 Å². The molecule has 1 nitrogen and oxygen atoms in total. The van der Waals surface area contributed by atoms with E-state index in [0.29, 0.717) is 6.04 Å². The van der Waals surface area contributed by atoms with Gasteiger partial charge in [-0.1, -0.05) is 54.6 Å². The highest BCUT2D eigenvalue weighted by molar-refractivity contribution is 5.41. The Morgan fingerprint density at radius 1 is 1.00 bits per heavy atom. The fourth-order valence-corrected chi connectivity index (χ4v) is 4.32. The summed E-state index contributed by atoms with van der Waals surface area (Å²) in [4.78, 5) is 0. The minimum absolute atomic E-state index is 0.498. The maximum absolute atomic E-state index is 3.57. The smallest absolute Gasteiger partial charge is 0.0355 e. The molecule has 0 heterocycles. The second-order valence-electron chi connectivity index (χ2n) is 6.18. The maximum atomic E-state index is 3.57. The van der Waals surface area contributed by atoms with Gasteiger partial charge in [-0.25, -0.2) is 0 Å². The molecule has 4 unspecified atom stereocenters. The molecular formula is C19H21N. The van der Waals surface area contributed by atoms with E-state index in [-0.39, 0.29) is 0 Å².